The van der Waals surface area contributed by atoms with Crippen LogP contribution in [0, 0.1) is 0 Å². The number of carbonyl (C=O) groups excluding carboxylic acids is 2. The van der Waals surface area contributed by atoms with Crippen molar-refractivity contribution in [1.29, 1.82) is 0 Å². The summed E-state index contributed by atoms with van der Waals surface area (Å²) in [6.07, 6.45) is 1.97. The second kappa shape index (κ2) is 7.17. The fourth-order valence-corrected chi connectivity index (χ4v) is 0.837. The summed E-state index contributed by atoms with van der Waals surface area (Å²) in [6, 6.07) is -0.246. The van der Waals surface area contributed by atoms with Gasteiger partial charge in [0.15, 0.2) is 0 Å². The van der Waals surface area contributed by atoms with Gasteiger partial charge in [-0.15, -0.1) is 0 Å². The van der Waals surface area contributed by atoms with Crippen molar-refractivity contribution in [1.82, 2.24) is 10.2 Å². The summed E-state index contributed by atoms with van der Waals surface area (Å²) in [5.41, 5.74) is 0. The largest absolute Gasteiger partial charge is 0.468 e. The molecular weight excluding hydrogens is 184 g/mol. The lowest BCUT2D eigenvalue weighted by Crippen LogP contribution is -2.40. The number of nitrogens with one attached hydrogen (secondary N) is 1. The number of likely N-dealkylation sites (N-methyl/N-ethyl adjacent to an activating group) is 1. The molecule has 5 nitrogen and oxygen atoms in total. The molecule has 0 radical (unpaired) electrons. The van der Waals surface area contributed by atoms with E-state index >= 15 is 0 Å². The average molecular weight is 202 g/mol. The lowest BCUT2D eigenvalue weighted by Gasteiger charge is -2.16. The van der Waals surface area contributed by atoms with Crippen LogP contribution in [0.2, 0.25) is 0 Å². The highest BCUT2D eigenvalue weighted by molar-refractivity contribution is 5.80. The van der Waals surface area contributed by atoms with E-state index in [2.05, 4.69) is 10.1 Å². The van der Waals surface area contributed by atoms with Gasteiger partial charge < -0.3 is 15.0 Å². The molecular formula is C9H18N2O3. The third kappa shape index (κ3) is 5.40. The molecule has 0 heterocycles. The highest BCUT2D eigenvalue weighted by Crippen LogP contribution is 1.88. The molecule has 0 rings (SSSR count). The van der Waals surface area contributed by atoms with Crippen LogP contribution in [-0.2, 0) is 9.53 Å². The maximum absolute atomic E-state index is 11.3. The Morgan fingerprint density at radius 2 is 2.07 bits per heavy atom. The minimum Gasteiger partial charge on any atom is -0.468 e. The monoisotopic (exact) mass is 202 g/mol. The number of unbranched alkanes of at least 4 members (excludes halogenated alkanes) is 1. The molecule has 0 aliphatic carbocycles. The zero-order valence-electron chi connectivity index (χ0n) is 9.00. The van der Waals surface area contributed by atoms with Crippen molar-refractivity contribution < 1.29 is 14.3 Å². The lowest BCUT2D eigenvalue weighted by molar-refractivity contribution is -0.140. The summed E-state index contributed by atoms with van der Waals surface area (Å²) in [5, 5.41) is 2.69. The lowest BCUT2D eigenvalue weighted by atomic mass is 10.3. The molecule has 0 aromatic rings. The van der Waals surface area contributed by atoms with Crippen molar-refractivity contribution in [3.63, 3.8) is 0 Å². The van der Waals surface area contributed by atoms with E-state index in [1.807, 2.05) is 6.92 Å². The molecule has 0 aliphatic heterocycles. The molecule has 14 heavy (non-hydrogen) atoms. The van der Waals surface area contributed by atoms with Crippen molar-refractivity contribution in [2.75, 3.05) is 27.2 Å². The number of rotatable bonds is 5. The smallest absolute Gasteiger partial charge is 0.325 e. The van der Waals surface area contributed by atoms with Crippen LogP contribution in [0.4, 0.5) is 4.79 Å². The van der Waals surface area contributed by atoms with Crippen LogP contribution in [0.1, 0.15) is 19.8 Å². The first-order valence-electron chi connectivity index (χ1n) is 4.67. The zero-order valence-corrected chi connectivity index (χ0v) is 9.00. The molecule has 0 bridgehead atoms. The molecule has 0 saturated heterocycles. The predicted molar refractivity (Wildman–Crippen MR) is 53.0 cm³/mol. The fraction of sp³-hybridized carbons (Fsp3) is 0.778. The highest BCUT2D eigenvalue weighted by atomic mass is 16.5. The molecule has 5 heteroatoms. The summed E-state index contributed by atoms with van der Waals surface area (Å²) in [5.74, 6) is -0.418. The van der Waals surface area contributed by atoms with Gasteiger partial charge in [-0.25, -0.2) is 4.79 Å². The standard InChI is InChI=1S/C9H18N2O3/c1-4-5-6-10-9(13)11(2)7-8(12)14-3/h4-7H2,1-3H3,(H,10,13). The minimum atomic E-state index is -0.418. The van der Waals surface area contributed by atoms with Crippen molar-refractivity contribution in [3.8, 4) is 0 Å². The van der Waals surface area contributed by atoms with Gasteiger partial charge in [-0.05, 0) is 6.42 Å². The second-order valence-electron chi connectivity index (χ2n) is 3.02. The summed E-state index contributed by atoms with van der Waals surface area (Å²) >= 11 is 0. The Kier molecular flexibility index (Phi) is 6.53. The third-order valence-electron chi connectivity index (χ3n) is 1.75. The number of methoxy groups -OCH3 is 1. The maximum Gasteiger partial charge on any atom is 0.325 e. The summed E-state index contributed by atoms with van der Waals surface area (Å²) in [7, 11) is 2.85. The number of urea groups is 1. The van der Waals surface area contributed by atoms with Crippen molar-refractivity contribution >= 4 is 12.0 Å². The van der Waals surface area contributed by atoms with Gasteiger partial charge >= 0.3 is 12.0 Å². The molecule has 0 aromatic heterocycles. The van der Waals surface area contributed by atoms with Gasteiger partial charge in [0.25, 0.3) is 0 Å². The summed E-state index contributed by atoms with van der Waals surface area (Å²) in [4.78, 5) is 23.4. The number of carbonyl (C=O) groups is 2. The first-order valence-corrected chi connectivity index (χ1v) is 4.67. The molecule has 0 aromatic carbocycles. The minimum absolute atomic E-state index is 0.0194. The van der Waals surface area contributed by atoms with Crippen LogP contribution >= 0.6 is 0 Å². The molecule has 0 fully saturated rings. The van der Waals surface area contributed by atoms with Gasteiger partial charge in [0.1, 0.15) is 6.54 Å². The molecule has 0 aliphatic rings. The van der Waals surface area contributed by atoms with Gasteiger partial charge in [0.2, 0.25) is 0 Å². The normalized spacial score (nSPS) is 9.36. The number of amides is 2. The zero-order chi connectivity index (χ0) is 11.0. The van der Waals surface area contributed by atoms with Gasteiger partial charge in [-0.1, -0.05) is 13.3 Å². The molecule has 82 valence electrons. The SMILES string of the molecule is CCCCNC(=O)N(C)CC(=O)OC. The van der Waals surface area contributed by atoms with Crippen LogP contribution in [0.5, 0.6) is 0 Å². The van der Waals surface area contributed by atoms with E-state index in [-0.39, 0.29) is 12.6 Å². The van der Waals surface area contributed by atoms with Gasteiger partial charge in [0.05, 0.1) is 7.11 Å². The van der Waals surface area contributed by atoms with Crippen LogP contribution in [-0.4, -0.2) is 44.1 Å². The number of nitrogens with zero attached hydrogens (tertiary/aromatic N) is 1. The summed E-state index contributed by atoms with van der Waals surface area (Å²) < 4.78 is 4.44. The first kappa shape index (κ1) is 12.7. The van der Waals surface area contributed by atoms with E-state index in [0.29, 0.717) is 6.54 Å². The van der Waals surface area contributed by atoms with Gasteiger partial charge in [-0.2, -0.15) is 0 Å². The predicted octanol–water partition coefficient (Wildman–Crippen LogP) is 0.601. The molecule has 0 atom stereocenters. The van der Waals surface area contributed by atoms with Gasteiger partial charge in [-0.3, -0.25) is 4.79 Å². The average Bonchev–Trinajstić information content (AvgIpc) is 2.17. The van der Waals surface area contributed by atoms with Crippen LogP contribution < -0.4 is 5.32 Å². The van der Waals surface area contributed by atoms with Crippen LogP contribution in [0.25, 0.3) is 0 Å². The van der Waals surface area contributed by atoms with E-state index < -0.39 is 5.97 Å². The van der Waals surface area contributed by atoms with Crippen molar-refractivity contribution in [2.45, 2.75) is 19.8 Å². The topological polar surface area (TPSA) is 58.6 Å². The molecule has 0 unspecified atom stereocenters. The number of esters is 1. The Morgan fingerprint density at radius 1 is 1.43 bits per heavy atom. The molecule has 0 saturated carbocycles. The van der Waals surface area contributed by atoms with E-state index in [9.17, 15) is 9.59 Å². The van der Waals surface area contributed by atoms with Gasteiger partial charge in [0, 0.05) is 13.6 Å². The Bertz CT molecular complexity index is 194. The van der Waals surface area contributed by atoms with Crippen molar-refractivity contribution in [3.05, 3.63) is 0 Å². The third-order valence-corrected chi connectivity index (χ3v) is 1.75. The molecule has 1 N–H and O–H groups in total. The van der Waals surface area contributed by atoms with Crippen molar-refractivity contribution in [2.24, 2.45) is 0 Å². The van der Waals surface area contributed by atoms with Crippen LogP contribution in [0.15, 0.2) is 0 Å². The fourth-order valence-electron chi connectivity index (χ4n) is 0.837. The van der Waals surface area contributed by atoms with E-state index in [0.717, 1.165) is 12.8 Å². The summed E-state index contributed by atoms with van der Waals surface area (Å²) in [6.45, 7) is 2.67. The maximum atomic E-state index is 11.3. The van der Waals surface area contributed by atoms with E-state index in [1.165, 1.54) is 12.0 Å². The molecule has 0 spiro atoms. The Hall–Kier alpha value is -1.26. The molecule has 2 amide bonds. The highest BCUT2D eigenvalue weighted by Gasteiger charge is 2.11. The first-order chi connectivity index (χ1) is 6.61. The Labute approximate surface area is 84.4 Å². The Morgan fingerprint density at radius 3 is 2.57 bits per heavy atom. The number of ether oxygens (including phenoxy) is 1. The van der Waals surface area contributed by atoms with E-state index in [1.54, 1.807) is 7.05 Å². The Balaban J connectivity index is 3.70. The second-order valence-corrected chi connectivity index (χ2v) is 3.02. The number of hydrogen-bond acceptors (Lipinski definition) is 3. The quantitative estimate of drug-likeness (QED) is 0.524. The van der Waals surface area contributed by atoms with E-state index in [4.69, 9.17) is 0 Å². The number of hydrogen-bond donors (Lipinski definition) is 1. The van der Waals surface area contributed by atoms with Crippen LogP contribution in [0.3, 0.4) is 0 Å².